The van der Waals surface area contributed by atoms with Gasteiger partial charge >= 0.3 is 0 Å². The van der Waals surface area contributed by atoms with Crippen LogP contribution in [0.3, 0.4) is 0 Å². The van der Waals surface area contributed by atoms with Crippen molar-refractivity contribution in [3.63, 3.8) is 0 Å². The van der Waals surface area contributed by atoms with E-state index in [1.165, 1.54) is 12.8 Å². The van der Waals surface area contributed by atoms with Crippen molar-refractivity contribution in [1.29, 1.82) is 0 Å². The Hall–Kier alpha value is -2.40. The molecule has 1 aliphatic rings. The Kier molecular flexibility index (Phi) is 4.88. The molecule has 0 amide bonds. The Morgan fingerprint density at radius 2 is 1.87 bits per heavy atom. The summed E-state index contributed by atoms with van der Waals surface area (Å²) in [4.78, 5) is 0. The van der Waals surface area contributed by atoms with Crippen molar-refractivity contribution in [3.8, 4) is 17.2 Å². The Morgan fingerprint density at radius 1 is 1.04 bits per heavy atom. The zero-order valence-corrected chi connectivity index (χ0v) is 13.1. The van der Waals surface area contributed by atoms with E-state index >= 15 is 0 Å². The Labute approximate surface area is 136 Å². The van der Waals surface area contributed by atoms with Gasteiger partial charge in [-0.1, -0.05) is 12.1 Å². The quantitative estimate of drug-likeness (QED) is 0.714. The number of para-hydroxylation sites is 2. The van der Waals surface area contributed by atoms with Crippen LogP contribution in [0.2, 0.25) is 0 Å². The highest BCUT2D eigenvalue weighted by molar-refractivity contribution is 5.65. The second kappa shape index (κ2) is 7.24. The van der Waals surface area contributed by atoms with E-state index in [-0.39, 0.29) is 0 Å². The Bertz CT molecular complexity index is 654. The number of ether oxygens (including phenoxy) is 2. The predicted molar refractivity (Wildman–Crippen MR) is 92.9 cm³/mol. The lowest BCUT2D eigenvalue weighted by molar-refractivity contribution is 0.281. The van der Waals surface area contributed by atoms with Crippen LogP contribution < -0.4 is 26.3 Å². The van der Waals surface area contributed by atoms with Gasteiger partial charge in [0, 0.05) is 12.1 Å². The van der Waals surface area contributed by atoms with Crippen molar-refractivity contribution in [2.24, 2.45) is 0 Å². The molecule has 1 unspecified atom stereocenters. The fourth-order valence-electron chi connectivity index (χ4n) is 2.71. The van der Waals surface area contributed by atoms with Crippen molar-refractivity contribution in [2.45, 2.75) is 25.3 Å². The molecule has 1 aliphatic heterocycles. The lowest BCUT2D eigenvalue weighted by atomic mass is 10.2. The van der Waals surface area contributed by atoms with Crippen LogP contribution in [0.25, 0.3) is 0 Å². The summed E-state index contributed by atoms with van der Waals surface area (Å²) >= 11 is 0. The monoisotopic (exact) mass is 313 g/mol. The first-order valence-electron chi connectivity index (χ1n) is 8.00. The summed E-state index contributed by atoms with van der Waals surface area (Å²) in [5.74, 6) is 2.06. The molecule has 0 radical (unpaired) electrons. The van der Waals surface area contributed by atoms with Gasteiger partial charge in [-0.2, -0.15) is 0 Å². The fourth-order valence-corrected chi connectivity index (χ4v) is 2.71. The Balaban J connectivity index is 1.63. The number of hydrogen-bond acceptors (Lipinski definition) is 5. The minimum Gasteiger partial charge on any atom is -0.490 e. The first kappa shape index (κ1) is 15.5. The number of anilines is 2. The van der Waals surface area contributed by atoms with Gasteiger partial charge in [-0.25, -0.2) is 0 Å². The number of rotatable bonds is 6. The fraction of sp³-hybridized carbons (Fsp3) is 0.333. The lowest BCUT2D eigenvalue weighted by Crippen LogP contribution is -2.23. The van der Waals surface area contributed by atoms with Crippen molar-refractivity contribution in [2.75, 3.05) is 24.6 Å². The first-order valence-corrected chi connectivity index (χ1v) is 8.00. The molecule has 1 atom stereocenters. The zero-order valence-electron chi connectivity index (χ0n) is 13.1. The van der Waals surface area contributed by atoms with Gasteiger partial charge < -0.3 is 26.3 Å². The third-order valence-electron chi connectivity index (χ3n) is 4.02. The van der Waals surface area contributed by atoms with E-state index < -0.39 is 0 Å². The zero-order chi connectivity index (χ0) is 16.1. The van der Waals surface area contributed by atoms with Gasteiger partial charge in [0.2, 0.25) is 0 Å². The average molecular weight is 313 g/mol. The van der Waals surface area contributed by atoms with Crippen LogP contribution in [0.5, 0.6) is 17.2 Å². The molecule has 1 fully saturated rings. The van der Waals surface area contributed by atoms with Crippen LogP contribution in [0.1, 0.15) is 19.3 Å². The summed E-state index contributed by atoms with van der Waals surface area (Å²) in [7, 11) is 0. The molecule has 1 heterocycles. The molecule has 1 saturated heterocycles. The van der Waals surface area contributed by atoms with E-state index in [1.807, 2.05) is 24.3 Å². The molecule has 2 aromatic rings. The van der Waals surface area contributed by atoms with Crippen LogP contribution in [0.15, 0.2) is 42.5 Å². The summed E-state index contributed by atoms with van der Waals surface area (Å²) < 4.78 is 11.8. The topological polar surface area (TPSA) is 82.5 Å². The molecule has 0 aromatic heterocycles. The van der Waals surface area contributed by atoms with Crippen LogP contribution in [-0.2, 0) is 0 Å². The smallest absolute Gasteiger partial charge is 0.169 e. The molecule has 2 aromatic carbocycles. The van der Waals surface area contributed by atoms with E-state index in [0.717, 1.165) is 18.7 Å². The molecule has 23 heavy (non-hydrogen) atoms. The molecule has 122 valence electrons. The number of hydrogen-bond donors (Lipinski definition) is 3. The number of benzene rings is 2. The highest BCUT2D eigenvalue weighted by atomic mass is 16.5. The van der Waals surface area contributed by atoms with E-state index in [1.54, 1.807) is 18.2 Å². The maximum absolute atomic E-state index is 5.90. The van der Waals surface area contributed by atoms with Crippen LogP contribution in [0.4, 0.5) is 11.4 Å². The molecule has 0 aliphatic carbocycles. The number of nitrogen functional groups attached to an aromatic ring is 2. The number of nitrogens with two attached hydrogens (primary N) is 2. The van der Waals surface area contributed by atoms with E-state index in [0.29, 0.717) is 35.5 Å². The molecular formula is C18H23N3O2. The summed E-state index contributed by atoms with van der Waals surface area (Å²) in [6.07, 6.45) is 3.48. The number of nitrogens with one attached hydrogen (secondary N) is 1. The highest BCUT2D eigenvalue weighted by Crippen LogP contribution is 2.33. The molecule has 5 N–H and O–H groups in total. The molecule has 0 spiro atoms. The minimum absolute atomic E-state index is 0.508. The third-order valence-corrected chi connectivity index (χ3v) is 4.02. The minimum atomic E-state index is 0.508. The maximum atomic E-state index is 5.90. The van der Waals surface area contributed by atoms with Gasteiger partial charge in [0.1, 0.15) is 5.75 Å². The van der Waals surface area contributed by atoms with Crippen LogP contribution in [-0.4, -0.2) is 19.2 Å². The normalized spacial score (nSPS) is 17.1. The van der Waals surface area contributed by atoms with Crippen molar-refractivity contribution < 1.29 is 9.47 Å². The van der Waals surface area contributed by atoms with Gasteiger partial charge in [-0.05, 0) is 50.1 Å². The summed E-state index contributed by atoms with van der Waals surface area (Å²) in [5, 5.41) is 3.47. The largest absolute Gasteiger partial charge is 0.490 e. The van der Waals surface area contributed by atoms with E-state index in [4.69, 9.17) is 20.9 Å². The van der Waals surface area contributed by atoms with Gasteiger partial charge in [0.15, 0.2) is 11.5 Å². The molecule has 5 nitrogen and oxygen atoms in total. The first-order chi connectivity index (χ1) is 11.2. The third kappa shape index (κ3) is 4.07. The van der Waals surface area contributed by atoms with E-state index in [2.05, 4.69) is 5.32 Å². The van der Waals surface area contributed by atoms with Gasteiger partial charge in [0.25, 0.3) is 0 Å². The van der Waals surface area contributed by atoms with Crippen molar-refractivity contribution in [3.05, 3.63) is 42.5 Å². The van der Waals surface area contributed by atoms with Gasteiger partial charge in [-0.15, -0.1) is 0 Å². The van der Waals surface area contributed by atoms with E-state index in [9.17, 15) is 0 Å². The SMILES string of the molecule is Nc1ccc(Oc2ccccc2OCCC2CCCN2)cc1N. The van der Waals surface area contributed by atoms with Crippen molar-refractivity contribution in [1.82, 2.24) is 5.32 Å². The van der Waals surface area contributed by atoms with Crippen LogP contribution >= 0.6 is 0 Å². The Morgan fingerprint density at radius 3 is 2.61 bits per heavy atom. The average Bonchev–Trinajstić information content (AvgIpc) is 3.06. The highest BCUT2D eigenvalue weighted by Gasteiger charge is 2.14. The lowest BCUT2D eigenvalue weighted by Gasteiger charge is -2.15. The van der Waals surface area contributed by atoms with Crippen molar-refractivity contribution >= 4 is 11.4 Å². The van der Waals surface area contributed by atoms with Gasteiger partial charge in [-0.3, -0.25) is 0 Å². The van der Waals surface area contributed by atoms with Gasteiger partial charge in [0.05, 0.1) is 18.0 Å². The second-order valence-corrected chi connectivity index (χ2v) is 5.77. The maximum Gasteiger partial charge on any atom is 0.169 e. The molecule has 0 bridgehead atoms. The second-order valence-electron chi connectivity index (χ2n) is 5.77. The molecular weight excluding hydrogens is 290 g/mol. The summed E-state index contributed by atoms with van der Waals surface area (Å²) in [6.45, 7) is 1.78. The predicted octanol–water partition coefficient (Wildman–Crippen LogP) is 3.16. The molecule has 3 rings (SSSR count). The van der Waals surface area contributed by atoms with Crippen LogP contribution in [0, 0.1) is 0 Å². The summed E-state index contributed by atoms with van der Waals surface area (Å²) in [6, 6.07) is 13.5. The summed E-state index contributed by atoms with van der Waals surface area (Å²) in [5.41, 5.74) is 12.6. The molecule has 0 saturated carbocycles. The molecule has 5 heteroatoms. The standard InChI is InChI=1S/C18H23N3O2/c19-15-8-7-14(12-16(15)20)23-18-6-2-1-5-17(18)22-11-9-13-4-3-10-21-13/h1-2,5-8,12-13,21H,3-4,9-11,19-20H2.